The number of halogens is 1. The number of esters is 2. The normalized spacial score (nSPS) is 12.3. The van der Waals surface area contributed by atoms with Gasteiger partial charge in [0.1, 0.15) is 6.61 Å². The van der Waals surface area contributed by atoms with Crippen LogP contribution in [0.1, 0.15) is 47.7 Å². The van der Waals surface area contributed by atoms with Gasteiger partial charge in [0.15, 0.2) is 0 Å². The third kappa shape index (κ3) is 8.95. The SMILES string of the molecule is CC(C)C(OC(=O)NCCC(C(=O)OCc1ccccc1)c1ccc(Cl)cc1)OC(=O)c1ccccc1. The van der Waals surface area contributed by atoms with E-state index < -0.39 is 30.2 Å². The lowest BCUT2D eigenvalue weighted by Gasteiger charge is -2.22. The first-order valence-electron chi connectivity index (χ1n) is 12.0. The monoisotopic (exact) mass is 523 g/mol. The zero-order valence-corrected chi connectivity index (χ0v) is 21.5. The number of nitrogens with one attached hydrogen (secondary N) is 1. The molecule has 37 heavy (non-hydrogen) atoms. The maximum Gasteiger partial charge on any atom is 0.410 e. The summed E-state index contributed by atoms with van der Waals surface area (Å²) in [4.78, 5) is 37.8. The Hall–Kier alpha value is -3.84. The molecule has 0 aliphatic rings. The number of alkyl carbamates (subject to hydrolysis) is 1. The quantitative estimate of drug-likeness (QED) is 0.240. The Labute approximate surface area is 221 Å². The Morgan fingerprint density at radius 2 is 1.46 bits per heavy atom. The topological polar surface area (TPSA) is 90.9 Å². The average molecular weight is 524 g/mol. The Kier molecular flexibility index (Phi) is 10.5. The molecule has 0 saturated heterocycles. The number of benzene rings is 3. The molecule has 8 heteroatoms. The van der Waals surface area contributed by atoms with Crippen molar-refractivity contribution in [2.75, 3.05) is 6.54 Å². The lowest BCUT2D eigenvalue weighted by molar-refractivity contribution is -0.147. The molecule has 1 N–H and O–H groups in total. The Bertz CT molecular complexity index is 1150. The summed E-state index contributed by atoms with van der Waals surface area (Å²) in [7, 11) is 0. The van der Waals surface area contributed by atoms with Gasteiger partial charge in [-0.05, 0) is 41.8 Å². The minimum Gasteiger partial charge on any atom is -0.460 e. The molecule has 0 aliphatic carbocycles. The number of hydrogen-bond donors (Lipinski definition) is 1. The number of hydrogen-bond acceptors (Lipinski definition) is 6. The van der Waals surface area contributed by atoms with Crippen molar-refractivity contribution in [3.05, 3.63) is 107 Å². The summed E-state index contributed by atoms with van der Waals surface area (Å²) in [5.41, 5.74) is 1.95. The lowest BCUT2D eigenvalue weighted by Crippen LogP contribution is -2.35. The molecule has 3 aromatic carbocycles. The van der Waals surface area contributed by atoms with Crippen molar-refractivity contribution in [2.24, 2.45) is 5.92 Å². The summed E-state index contributed by atoms with van der Waals surface area (Å²) < 4.78 is 16.3. The molecule has 2 atom stereocenters. The molecular weight excluding hydrogens is 494 g/mol. The van der Waals surface area contributed by atoms with E-state index in [2.05, 4.69) is 5.32 Å². The Morgan fingerprint density at radius 1 is 0.838 bits per heavy atom. The van der Waals surface area contributed by atoms with Crippen LogP contribution in [0.15, 0.2) is 84.9 Å². The molecule has 0 aromatic heterocycles. The van der Waals surface area contributed by atoms with E-state index in [-0.39, 0.29) is 25.5 Å². The molecule has 0 spiro atoms. The van der Waals surface area contributed by atoms with Crippen LogP contribution in [0, 0.1) is 5.92 Å². The van der Waals surface area contributed by atoms with Crippen molar-refractivity contribution in [3.63, 3.8) is 0 Å². The summed E-state index contributed by atoms with van der Waals surface area (Å²) >= 11 is 6.01. The van der Waals surface area contributed by atoms with Crippen molar-refractivity contribution in [1.29, 1.82) is 0 Å². The summed E-state index contributed by atoms with van der Waals surface area (Å²) in [6.07, 6.45) is -1.57. The minimum absolute atomic E-state index is 0.129. The lowest BCUT2D eigenvalue weighted by atomic mass is 9.96. The average Bonchev–Trinajstić information content (AvgIpc) is 2.91. The van der Waals surface area contributed by atoms with Crippen LogP contribution in [0.25, 0.3) is 0 Å². The fourth-order valence-corrected chi connectivity index (χ4v) is 3.58. The fourth-order valence-electron chi connectivity index (χ4n) is 3.45. The predicted molar refractivity (Wildman–Crippen MR) is 140 cm³/mol. The van der Waals surface area contributed by atoms with E-state index in [0.717, 1.165) is 11.1 Å². The smallest absolute Gasteiger partial charge is 0.410 e. The van der Waals surface area contributed by atoms with Gasteiger partial charge in [0.2, 0.25) is 0 Å². The molecule has 0 saturated carbocycles. The second kappa shape index (κ2) is 14.0. The summed E-state index contributed by atoms with van der Waals surface area (Å²) in [5.74, 6) is -1.90. The number of carbonyl (C=O) groups excluding carboxylic acids is 3. The summed E-state index contributed by atoms with van der Waals surface area (Å²) in [6.45, 7) is 3.82. The number of amides is 1. The van der Waals surface area contributed by atoms with Crippen LogP contribution in [-0.4, -0.2) is 30.9 Å². The van der Waals surface area contributed by atoms with E-state index in [1.165, 1.54) is 0 Å². The van der Waals surface area contributed by atoms with Crippen LogP contribution in [0.4, 0.5) is 4.79 Å². The van der Waals surface area contributed by atoms with Crippen LogP contribution >= 0.6 is 11.6 Å². The van der Waals surface area contributed by atoms with Gasteiger partial charge in [-0.1, -0.05) is 86.1 Å². The van der Waals surface area contributed by atoms with Gasteiger partial charge < -0.3 is 19.5 Å². The first-order chi connectivity index (χ1) is 17.8. The van der Waals surface area contributed by atoms with Gasteiger partial charge in [0, 0.05) is 17.5 Å². The van der Waals surface area contributed by atoms with Crippen LogP contribution in [0.3, 0.4) is 0 Å². The van der Waals surface area contributed by atoms with Crippen molar-refractivity contribution >= 4 is 29.6 Å². The van der Waals surface area contributed by atoms with E-state index >= 15 is 0 Å². The van der Waals surface area contributed by atoms with Crippen LogP contribution in [0.5, 0.6) is 0 Å². The van der Waals surface area contributed by atoms with Crippen molar-refractivity contribution in [3.8, 4) is 0 Å². The van der Waals surface area contributed by atoms with Gasteiger partial charge in [-0.2, -0.15) is 0 Å². The second-order valence-electron chi connectivity index (χ2n) is 8.70. The summed E-state index contributed by atoms with van der Waals surface area (Å²) in [6, 6.07) is 24.8. The molecular formula is C29H30ClNO6. The minimum atomic E-state index is -1.07. The first kappa shape index (κ1) is 27.7. The van der Waals surface area contributed by atoms with Crippen LogP contribution in [0.2, 0.25) is 5.02 Å². The maximum absolute atomic E-state index is 12.9. The van der Waals surface area contributed by atoms with E-state index in [9.17, 15) is 14.4 Å². The second-order valence-corrected chi connectivity index (χ2v) is 9.14. The summed E-state index contributed by atoms with van der Waals surface area (Å²) in [5, 5.41) is 3.18. The fraction of sp³-hybridized carbons (Fsp3) is 0.276. The van der Waals surface area contributed by atoms with Gasteiger partial charge in [0.25, 0.3) is 6.29 Å². The highest BCUT2D eigenvalue weighted by Crippen LogP contribution is 2.24. The number of ether oxygens (including phenoxy) is 3. The highest BCUT2D eigenvalue weighted by Gasteiger charge is 2.25. The molecule has 7 nitrogen and oxygen atoms in total. The third-order valence-corrected chi connectivity index (χ3v) is 5.74. The Morgan fingerprint density at radius 3 is 2.08 bits per heavy atom. The van der Waals surface area contributed by atoms with Crippen LogP contribution in [-0.2, 0) is 25.6 Å². The molecule has 0 aliphatic heterocycles. The number of rotatable bonds is 11. The van der Waals surface area contributed by atoms with E-state index in [4.69, 9.17) is 25.8 Å². The third-order valence-electron chi connectivity index (χ3n) is 5.48. The molecule has 1 amide bonds. The molecule has 3 rings (SSSR count). The van der Waals surface area contributed by atoms with Crippen LogP contribution < -0.4 is 5.32 Å². The standard InChI is InChI=1S/C29H30ClNO6/c1-20(2)28(36-26(32)23-11-7-4-8-12-23)37-29(34)31-18-17-25(22-13-15-24(30)16-14-22)27(33)35-19-21-9-5-3-6-10-21/h3-16,20,25,28H,17-19H2,1-2H3,(H,31,34). The predicted octanol–water partition coefficient (Wildman–Crippen LogP) is 6.12. The van der Waals surface area contributed by atoms with Crippen molar-refractivity contribution in [1.82, 2.24) is 5.32 Å². The highest BCUT2D eigenvalue weighted by molar-refractivity contribution is 6.30. The largest absolute Gasteiger partial charge is 0.460 e. The van der Waals surface area contributed by atoms with Crippen molar-refractivity contribution < 1.29 is 28.6 Å². The molecule has 2 unspecified atom stereocenters. The van der Waals surface area contributed by atoms with E-state index in [1.54, 1.807) is 68.4 Å². The van der Waals surface area contributed by atoms with Gasteiger partial charge in [-0.15, -0.1) is 0 Å². The van der Waals surface area contributed by atoms with E-state index in [0.29, 0.717) is 10.6 Å². The van der Waals surface area contributed by atoms with Crippen molar-refractivity contribution in [2.45, 2.75) is 39.1 Å². The first-order valence-corrected chi connectivity index (χ1v) is 12.4. The van der Waals surface area contributed by atoms with Gasteiger partial charge in [-0.25, -0.2) is 9.59 Å². The zero-order chi connectivity index (χ0) is 26.6. The molecule has 0 radical (unpaired) electrons. The molecule has 3 aromatic rings. The van der Waals surface area contributed by atoms with Gasteiger partial charge in [-0.3, -0.25) is 4.79 Å². The molecule has 0 bridgehead atoms. The Balaban J connectivity index is 1.57. The molecule has 194 valence electrons. The molecule has 0 heterocycles. The van der Waals surface area contributed by atoms with Gasteiger partial charge >= 0.3 is 18.0 Å². The van der Waals surface area contributed by atoms with Gasteiger partial charge in [0.05, 0.1) is 11.5 Å². The molecule has 0 fully saturated rings. The zero-order valence-electron chi connectivity index (χ0n) is 20.8. The number of carbonyl (C=O) groups is 3. The van der Waals surface area contributed by atoms with E-state index in [1.807, 2.05) is 30.3 Å². The highest BCUT2D eigenvalue weighted by atomic mass is 35.5. The maximum atomic E-state index is 12.9.